The number of thiophene rings is 1. The Kier molecular flexibility index (Phi) is 8.76. The van der Waals surface area contributed by atoms with Gasteiger partial charge in [-0.2, -0.15) is 4.31 Å². The molecule has 3 aromatic rings. The van der Waals surface area contributed by atoms with Crippen molar-refractivity contribution in [3.8, 4) is 5.75 Å². The van der Waals surface area contributed by atoms with Crippen LogP contribution in [0.15, 0.2) is 53.4 Å². The largest absolute Gasteiger partial charge is 0.755 e. The van der Waals surface area contributed by atoms with E-state index in [4.69, 9.17) is 32.7 Å². The number of anilines is 3. The fourth-order valence-electron chi connectivity index (χ4n) is 3.58. The molecular formula is C22H20Cl2N3O7S3-. The molecule has 1 fully saturated rings. The fourth-order valence-corrected chi connectivity index (χ4v) is 7.00. The van der Waals surface area contributed by atoms with Crippen LogP contribution in [0.25, 0.3) is 0 Å². The zero-order valence-corrected chi connectivity index (χ0v) is 23.1. The van der Waals surface area contributed by atoms with E-state index >= 15 is 0 Å². The zero-order valence-electron chi connectivity index (χ0n) is 19.2. The molecule has 1 N–H and O–H groups in total. The third-order valence-electron chi connectivity index (χ3n) is 5.36. The van der Waals surface area contributed by atoms with Gasteiger partial charge in [-0.3, -0.25) is 13.3 Å². The van der Waals surface area contributed by atoms with Crippen molar-refractivity contribution in [2.75, 3.05) is 43.0 Å². The van der Waals surface area contributed by atoms with E-state index in [1.54, 1.807) is 0 Å². The molecule has 4 rings (SSSR count). The Labute approximate surface area is 230 Å². The number of morpholine rings is 1. The molecular weight excluding hydrogens is 585 g/mol. The molecule has 0 spiro atoms. The third-order valence-corrected chi connectivity index (χ3v) is 9.59. The van der Waals surface area contributed by atoms with Crippen LogP contribution in [0, 0.1) is 0 Å². The molecule has 198 valence electrons. The predicted molar refractivity (Wildman–Crippen MR) is 142 cm³/mol. The number of ether oxygens (including phenoxy) is 2. The summed E-state index contributed by atoms with van der Waals surface area (Å²) in [5.41, 5.74) is 0.208. The number of carbonyl (C=O) groups is 1. The molecule has 1 aliphatic rings. The standard InChI is InChI=1S/C22H21Cl2N3O7S3/c1-33-19-13-18(27(36(29)30)21-7-6-20(24)35-21)16(12-17(19)23)22(28)25-14-2-4-15(5-3-14)37(31,32)26-8-10-34-11-9-26/h2-7,12-13H,8-11H2,1H3,(H,25,28)(H,29,30)/p-1. The Morgan fingerprint density at radius 1 is 1.16 bits per heavy atom. The van der Waals surface area contributed by atoms with Gasteiger partial charge in [0.15, 0.2) is 0 Å². The summed E-state index contributed by atoms with van der Waals surface area (Å²) in [6, 6.07) is 11.3. The maximum absolute atomic E-state index is 13.3. The summed E-state index contributed by atoms with van der Waals surface area (Å²) in [7, 11) is -2.35. The number of benzene rings is 2. The fraction of sp³-hybridized carbons (Fsp3) is 0.227. The Balaban J connectivity index is 1.65. The van der Waals surface area contributed by atoms with Gasteiger partial charge in [-0.25, -0.2) is 8.42 Å². The molecule has 0 saturated carbocycles. The van der Waals surface area contributed by atoms with Gasteiger partial charge in [-0.15, -0.1) is 11.3 Å². The first kappa shape index (κ1) is 27.8. The van der Waals surface area contributed by atoms with Gasteiger partial charge in [0.05, 0.1) is 57.1 Å². The summed E-state index contributed by atoms with van der Waals surface area (Å²) in [6.45, 7) is 1.16. The highest BCUT2D eigenvalue weighted by atomic mass is 35.5. The SMILES string of the molecule is COc1cc(N(c2ccc(Cl)s2)S(=O)[O-])c(C(=O)Nc2ccc(S(=O)(=O)N3CCOCC3)cc2)cc1Cl. The number of sulfonamides is 1. The lowest BCUT2D eigenvalue weighted by molar-refractivity contribution is 0.0730. The van der Waals surface area contributed by atoms with Crippen molar-refractivity contribution in [2.45, 2.75) is 4.90 Å². The van der Waals surface area contributed by atoms with E-state index < -0.39 is 27.2 Å². The number of hydrogen-bond acceptors (Lipinski definition) is 8. The van der Waals surface area contributed by atoms with Gasteiger partial charge in [0.1, 0.15) is 10.8 Å². The molecule has 15 heteroatoms. The van der Waals surface area contributed by atoms with E-state index in [-0.39, 0.29) is 50.7 Å². The predicted octanol–water partition coefficient (Wildman–Crippen LogP) is 4.27. The number of hydrogen-bond donors (Lipinski definition) is 1. The summed E-state index contributed by atoms with van der Waals surface area (Å²) >= 11 is 10.4. The van der Waals surface area contributed by atoms with Gasteiger partial charge in [-0.05, 0) is 42.5 Å². The van der Waals surface area contributed by atoms with Gasteiger partial charge in [0.25, 0.3) is 5.91 Å². The lowest BCUT2D eigenvalue weighted by atomic mass is 10.1. The van der Waals surface area contributed by atoms with E-state index in [0.29, 0.717) is 17.6 Å². The summed E-state index contributed by atoms with van der Waals surface area (Å²) < 4.78 is 63.1. The molecule has 0 aliphatic carbocycles. The van der Waals surface area contributed by atoms with Crippen LogP contribution in [0.3, 0.4) is 0 Å². The average Bonchev–Trinajstić information content (AvgIpc) is 3.30. The average molecular weight is 606 g/mol. The Morgan fingerprint density at radius 3 is 2.41 bits per heavy atom. The van der Waals surface area contributed by atoms with Crippen molar-refractivity contribution in [2.24, 2.45) is 0 Å². The molecule has 37 heavy (non-hydrogen) atoms. The van der Waals surface area contributed by atoms with Crippen LogP contribution in [0.5, 0.6) is 5.75 Å². The van der Waals surface area contributed by atoms with E-state index in [1.807, 2.05) is 0 Å². The first-order chi connectivity index (χ1) is 17.6. The normalized spacial score (nSPS) is 15.2. The van der Waals surface area contributed by atoms with E-state index in [2.05, 4.69) is 5.32 Å². The number of carbonyl (C=O) groups excluding carboxylic acids is 1. The lowest BCUT2D eigenvalue weighted by Gasteiger charge is -2.27. The Morgan fingerprint density at radius 2 is 1.84 bits per heavy atom. The Bertz CT molecular complexity index is 1430. The number of nitrogens with zero attached hydrogens (tertiary/aromatic N) is 2. The molecule has 1 amide bonds. The molecule has 1 unspecified atom stereocenters. The third kappa shape index (κ3) is 6.10. The van der Waals surface area contributed by atoms with Crippen molar-refractivity contribution in [1.82, 2.24) is 4.31 Å². The zero-order chi connectivity index (χ0) is 26.7. The molecule has 0 radical (unpaired) electrons. The summed E-state index contributed by atoms with van der Waals surface area (Å²) in [5.74, 6) is -0.523. The van der Waals surface area contributed by atoms with Crippen LogP contribution in [-0.2, 0) is 26.0 Å². The smallest absolute Gasteiger partial charge is 0.257 e. The van der Waals surface area contributed by atoms with Crippen LogP contribution in [0.1, 0.15) is 10.4 Å². The molecule has 1 aliphatic heterocycles. The highest BCUT2D eigenvalue weighted by molar-refractivity contribution is 7.89. The van der Waals surface area contributed by atoms with Crippen molar-refractivity contribution in [3.05, 3.63) is 63.5 Å². The molecule has 2 heterocycles. The second-order valence-electron chi connectivity index (χ2n) is 7.59. The van der Waals surface area contributed by atoms with Gasteiger partial charge in [0.2, 0.25) is 10.0 Å². The number of rotatable bonds is 8. The van der Waals surface area contributed by atoms with E-state index in [1.165, 1.54) is 59.9 Å². The van der Waals surface area contributed by atoms with Crippen molar-refractivity contribution < 1.29 is 31.4 Å². The monoisotopic (exact) mass is 604 g/mol. The molecule has 2 aromatic carbocycles. The summed E-state index contributed by atoms with van der Waals surface area (Å²) in [5, 5.41) is 2.99. The molecule has 1 atom stereocenters. The second-order valence-corrected chi connectivity index (χ2v) is 12.4. The van der Waals surface area contributed by atoms with Gasteiger partial charge in [-0.1, -0.05) is 23.2 Å². The minimum atomic E-state index is -3.70. The van der Waals surface area contributed by atoms with Crippen molar-refractivity contribution in [1.29, 1.82) is 0 Å². The quantitative estimate of drug-likeness (QED) is 0.380. The van der Waals surface area contributed by atoms with E-state index in [0.717, 1.165) is 15.6 Å². The minimum Gasteiger partial charge on any atom is -0.755 e. The molecule has 1 saturated heterocycles. The highest BCUT2D eigenvalue weighted by Gasteiger charge is 2.27. The van der Waals surface area contributed by atoms with Crippen molar-refractivity contribution >= 4 is 78.1 Å². The maximum atomic E-state index is 13.3. The number of halogens is 2. The van der Waals surface area contributed by atoms with Crippen LogP contribution in [0.2, 0.25) is 9.36 Å². The highest BCUT2D eigenvalue weighted by Crippen LogP contribution is 2.41. The first-order valence-corrected chi connectivity index (χ1v) is 14.7. The summed E-state index contributed by atoms with van der Waals surface area (Å²) in [4.78, 5) is 13.4. The Hall–Kier alpha value is -2.23. The maximum Gasteiger partial charge on any atom is 0.257 e. The molecule has 10 nitrogen and oxygen atoms in total. The minimum absolute atomic E-state index is 0.0166. The van der Waals surface area contributed by atoms with Crippen LogP contribution in [-0.4, -0.2) is 60.8 Å². The second kappa shape index (κ2) is 11.7. The van der Waals surface area contributed by atoms with Crippen molar-refractivity contribution in [3.63, 3.8) is 0 Å². The lowest BCUT2D eigenvalue weighted by Crippen LogP contribution is -2.40. The topological polar surface area (TPSA) is 128 Å². The number of nitrogens with one attached hydrogen (secondary N) is 1. The van der Waals surface area contributed by atoms with E-state index in [9.17, 15) is 22.0 Å². The molecule has 1 aromatic heterocycles. The van der Waals surface area contributed by atoms with Crippen LogP contribution in [0.4, 0.5) is 16.4 Å². The summed E-state index contributed by atoms with van der Waals surface area (Å²) in [6.07, 6.45) is 0. The van der Waals surface area contributed by atoms with Gasteiger partial charge >= 0.3 is 0 Å². The first-order valence-electron chi connectivity index (χ1n) is 10.6. The number of methoxy groups -OCH3 is 1. The van der Waals surface area contributed by atoms with Crippen LogP contribution >= 0.6 is 34.5 Å². The van der Waals surface area contributed by atoms with Crippen LogP contribution < -0.4 is 14.4 Å². The van der Waals surface area contributed by atoms with Gasteiger partial charge < -0.3 is 19.3 Å². The van der Waals surface area contributed by atoms with Gasteiger partial charge in [0, 0.05) is 24.8 Å². The molecule has 0 bridgehead atoms. The number of amides is 1.